The molecule has 0 bridgehead atoms. The van der Waals surface area contributed by atoms with Gasteiger partial charge in [0.2, 0.25) is 0 Å². The van der Waals surface area contributed by atoms with Gasteiger partial charge in [0, 0.05) is 5.39 Å². The summed E-state index contributed by atoms with van der Waals surface area (Å²) in [6.45, 7) is 4.08. The topological polar surface area (TPSA) is 25.2 Å². The van der Waals surface area contributed by atoms with E-state index < -0.39 is 0 Å². The molecule has 80 valence electrons. The molecule has 2 aromatic rings. The van der Waals surface area contributed by atoms with Gasteiger partial charge >= 0.3 is 0 Å². The van der Waals surface area contributed by atoms with Gasteiger partial charge in [-0.2, -0.15) is 0 Å². The van der Waals surface area contributed by atoms with Crippen molar-refractivity contribution in [1.82, 2.24) is 5.32 Å². The smallest absolute Gasteiger partial charge is 0.152 e. The fourth-order valence-corrected chi connectivity index (χ4v) is 1.95. The minimum Gasteiger partial charge on any atom is -0.458 e. The van der Waals surface area contributed by atoms with Gasteiger partial charge in [-0.15, -0.1) is 0 Å². The zero-order valence-electron chi connectivity index (χ0n) is 9.10. The molecule has 1 aromatic heterocycles. The van der Waals surface area contributed by atoms with Crippen molar-refractivity contribution in [3.63, 3.8) is 0 Å². The lowest BCUT2D eigenvalue weighted by atomic mass is 10.1. The molecule has 1 unspecified atom stereocenters. The molecular formula is C12H14ClNO. The van der Waals surface area contributed by atoms with Crippen molar-refractivity contribution >= 4 is 22.6 Å². The molecule has 0 amide bonds. The van der Waals surface area contributed by atoms with Crippen molar-refractivity contribution < 1.29 is 4.42 Å². The van der Waals surface area contributed by atoms with Crippen molar-refractivity contribution in [2.75, 3.05) is 7.05 Å². The number of hydrogen-bond donors (Lipinski definition) is 1. The van der Waals surface area contributed by atoms with Gasteiger partial charge < -0.3 is 9.73 Å². The van der Waals surface area contributed by atoms with Crippen molar-refractivity contribution in [2.24, 2.45) is 0 Å². The molecule has 0 spiro atoms. The predicted molar refractivity (Wildman–Crippen MR) is 63.4 cm³/mol. The Morgan fingerprint density at radius 3 is 2.73 bits per heavy atom. The molecule has 3 heteroatoms. The van der Waals surface area contributed by atoms with Crippen molar-refractivity contribution in [1.29, 1.82) is 0 Å². The Labute approximate surface area is 94.2 Å². The molecule has 15 heavy (non-hydrogen) atoms. The van der Waals surface area contributed by atoms with Crippen LogP contribution in [-0.2, 0) is 0 Å². The molecule has 2 rings (SSSR count). The van der Waals surface area contributed by atoms with Gasteiger partial charge in [-0.25, -0.2) is 0 Å². The fourth-order valence-electron chi connectivity index (χ4n) is 1.63. The summed E-state index contributed by atoms with van der Waals surface area (Å²) in [7, 11) is 1.91. The molecule has 1 aromatic carbocycles. The highest BCUT2D eigenvalue weighted by Gasteiger charge is 2.11. The molecule has 1 heterocycles. The quantitative estimate of drug-likeness (QED) is 0.840. The Balaban J connectivity index is 2.60. The second-order valence-electron chi connectivity index (χ2n) is 3.82. The first-order valence-corrected chi connectivity index (χ1v) is 5.36. The molecule has 1 N–H and O–H groups in total. The zero-order valence-corrected chi connectivity index (χ0v) is 9.85. The summed E-state index contributed by atoms with van der Waals surface area (Å²) in [5.74, 6) is 0.917. The summed E-state index contributed by atoms with van der Waals surface area (Å²) < 4.78 is 5.71. The molecule has 1 atom stereocenters. The Morgan fingerprint density at radius 2 is 2.07 bits per heavy atom. The molecular weight excluding hydrogens is 210 g/mol. The average molecular weight is 224 g/mol. The number of nitrogens with one attached hydrogen (secondary N) is 1. The molecule has 0 aliphatic heterocycles. The van der Waals surface area contributed by atoms with Crippen LogP contribution in [0.15, 0.2) is 22.6 Å². The summed E-state index contributed by atoms with van der Waals surface area (Å²) >= 11 is 6.11. The second kappa shape index (κ2) is 3.87. The van der Waals surface area contributed by atoms with Crippen molar-refractivity contribution in [3.8, 4) is 0 Å². The minimum absolute atomic E-state index is 0.203. The molecule has 0 aliphatic carbocycles. The van der Waals surface area contributed by atoms with Crippen LogP contribution in [0.5, 0.6) is 0 Å². The van der Waals surface area contributed by atoms with Crippen molar-refractivity contribution in [3.05, 3.63) is 34.5 Å². The van der Waals surface area contributed by atoms with E-state index in [1.165, 1.54) is 0 Å². The van der Waals surface area contributed by atoms with Gasteiger partial charge in [-0.1, -0.05) is 11.6 Å². The van der Waals surface area contributed by atoms with Crippen LogP contribution < -0.4 is 5.32 Å². The van der Waals surface area contributed by atoms with Crippen LogP contribution in [-0.4, -0.2) is 7.05 Å². The van der Waals surface area contributed by atoms with E-state index in [1.54, 1.807) is 0 Å². The Morgan fingerprint density at radius 1 is 1.33 bits per heavy atom. The zero-order chi connectivity index (χ0) is 11.0. The number of aryl methyl sites for hydroxylation is 1. The van der Waals surface area contributed by atoms with E-state index >= 15 is 0 Å². The molecule has 0 radical (unpaired) electrons. The van der Waals surface area contributed by atoms with Gasteiger partial charge in [0.15, 0.2) is 5.58 Å². The normalized spacial score (nSPS) is 13.3. The first-order chi connectivity index (χ1) is 7.11. The monoisotopic (exact) mass is 223 g/mol. The number of furan rings is 1. The Bertz CT molecular complexity index is 490. The maximum Gasteiger partial charge on any atom is 0.152 e. The highest BCUT2D eigenvalue weighted by molar-refractivity contribution is 6.34. The van der Waals surface area contributed by atoms with Gasteiger partial charge in [0.25, 0.3) is 0 Å². The van der Waals surface area contributed by atoms with Crippen molar-refractivity contribution in [2.45, 2.75) is 19.9 Å². The van der Waals surface area contributed by atoms with Crippen LogP contribution in [0.1, 0.15) is 24.3 Å². The Hall–Kier alpha value is -0.990. The summed E-state index contributed by atoms with van der Waals surface area (Å²) in [5, 5.41) is 4.89. The van der Waals surface area contributed by atoms with Crippen LogP contribution >= 0.6 is 11.6 Å². The summed E-state index contributed by atoms with van der Waals surface area (Å²) in [5.41, 5.74) is 1.93. The lowest BCUT2D eigenvalue weighted by Gasteiger charge is -2.04. The number of benzene rings is 1. The molecule has 0 fully saturated rings. The maximum absolute atomic E-state index is 6.11. The lowest BCUT2D eigenvalue weighted by molar-refractivity contribution is 0.475. The first-order valence-electron chi connectivity index (χ1n) is 4.98. The summed E-state index contributed by atoms with van der Waals surface area (Å²) in [4.78, 5) is 0. The highest BCUT2D eigenvalue weighted by Crippen LogP contribution is 2.30. The molecule has 0 aliphatic rings. The van der Waals surface area contributed by atoms with Gasteiger partial charge in [0.1, 0.15) is 5.76 Å². The second-order valence-corrected chi connectivity index (χ2v) is 4.23. The van der Waals surface area contributed by atoms with E-state index in [-0.39, 0.29) is 6.04 Å². The minimum atomic E-state index is 0.203. The summed E-state index contributed by atoms with van der Waals surface area (Å²) in [6.07, 6.45) is 0. The van der Waals surface area contributed by atoms with E-state index in [9.17, 15) is 0 Å². The number of hydrogen-bond acceptors (Lipinski definition) is 2. The number of fused-ring (bicyclic) bond motifs is 1. The van der Waals surface area contributed by atoms with E-state index in [4.69, 9.17) is 16.0 Å². The maximum atomic E-state index is 6.11. The highest BCUT2D eigenvalue weighted by atomic mass is 35.5. The van der Waals surface area contributed by atoms with Gasteiger partial charge in [0.05, 0.1) is 11.1 Å². The van der Waals surface area contributed by atoms with Crippen LogP contribution in [0, 0.1) is 6.92 Å². The first kappa shape index (κ1) is 10.5. The van der Waals surface area contributed by atoms with E-state index in [2.05, 4.69) is 18.3 Å². The van der Waals surface area contributed by atoms with E-state index in [0.717, 1.165) is 22.3 Å². The van der Waals surface area contributed by atoms with Crippen LogP contribution in [0.2, 0.25) is 5.02 Å². The molecule has 0 saturated carbocycles. The fraction of sp³-hybridized carbons (Fsp3) is 0.333. The average Bonchev–Trinajstić information content (AvgIpc) is 2.60. The lowest BCUT2D eigenvalue weighted by Crippen LogP contribution is -2.10. The SMILES string of the molecule is CNC(C)c1cc2cc(C)cc(Cl)c2o1. The van der Waals surface area contributed by atoms with Crippen LogP contribution in [0.25, 0.3) is 11.0 Å². The van der Waals surface area contributed by atoms with Crippen LogP contribution in [0.3, 0.4) is 0 Å². The third-order valence-electron chi connectivity index (χ3n) is 2.59. The van der Waals surface area contributed by atoms with E-state index in [1.807, 2.05) is 26.1 Å². The standard InChI is InChI=1S/C12H14ClNO/c1-7-4-9-6-11(8(2)14-3)15-12(9)10(13)5-7/h4-6,8,14H,1-3H3. The predicted octanol–water partition coefficient (Wildman–Crippen LogP) is 3.68. The largest absolute Gasteiger partial charge is 0.458 e. The molecule has 0 saturated heterocycles. The van der Waals surface area contributed by atoms with Crippen LogP contribution in [0.4, 0.5) is 0 Å². The number of halogens is 1. The third kappa shape index (κ3) is 1.87. The van der Waals surface area contributed by atoms with Gasteiger partial charge in [-0.05, 0) is 44.7 Å². The Kier molecular flexibility index (Phi) is 2.72. The molecule has 2 nitrogen and oxygen atoms in total. The summed E-state index contributed by atoms with van der Waals surface area (Å²) in [6, 6.07) is 6.24. The van der Waals surface area contributed by atoms with E-state index in [0.29, 0.717) is 5.02 Å². The van der Waals surface area contributed by atoms with Gasteiger partial charge in [-0.3, -0.25) is 0 Å². The third-order valence-corrected chi connectivity index (χ3v) is 2.87. The number of rotatable bonds is 2.